The predicted octanol–water partition coefficient (Wildman–Crippen LogP) is 3.39. The van der Waals surface area contributed by atoms with Crippen molar-refractivity contribution >= 4 is 0 Å². The average Bonchev–Trinajstić information content (AvgIpc) is 2.33. The molecule has 3 heteroatoms. The lowest BCUT2D eigenvalue weighted by atomic mass is 9.85. The Hall–Kier alpha value is -0.960. The molecule has 1 aromatic carbocycles. The second-order valence-corrected chi connectivity index (χ2v) is 4.97. The zero-order valence-corrected chi connectivity index (χ0v) is 10.4. The third kappa shape index (κ3) is 2.49. The quantitative estimate of drug-likeness (QED) is 0.834. The van der Waals surface area contributed by atoms with Crippen molar-refractivity contribution in [3.05, 3.63) is 34.9 Å². The van der Waals surface area contributed by atoms with Gasteiger partial charge in [-0.25, -0.2) is 8.78 Å². The number of piperidine rings is 1. The van der Waals surface area contributed by atoms with Crippen molar-refractivity contribution in [3.8, 4) is 0 Å². The molecule has 0 saturated carbocycles. The molecular formula is C14H19F2N. The molecule has 1 aliphatic heterocycles. The van der Waals surface area contributed by atoms with Crippen LogP contribution in [0.4, 0.5) is 8.78 Å². The van der Waals surface area contributed by atoms with Gasteiger partial charge < -0.3 is 5.32 Å². The van der Waals surface area contributed by atoms with Gasteiger partial charge in [-0.3, -0.25) is 0 Å². The maximum Gasteiger partial charge on any atom is 0.276 e. The first kappa shape index (κ1) is 12.5. The van der Waals surface area contributed by atoms with Gasteiger partial charge in [-0.2, -0.15) is 0 Å². The van der Waals surface area contributed by atoms with E-state index >= 15 is 0 Å². The summed E-state index contributed by atoms with van der Waals surface area (Å²) in [4.78, 5) is 0. The molecule has 1 nitrogen and oxygen atoms in total. The molecule has 17 heavy (non-hydrogen) atoms. The largest absolute Gasteiger partial charge is 0.317 e. The van der Waals surface area contributed by atoms with Crippen molar-refractivity contribution in [1.82, 2.24) is 5.32 Å². The lowest BCUT2D eigenvalue weighted by Gasteiger charge is -2.31. The molecule has 1 aliphatic rings. The van der Waals surface area contributed by atoms with Gasteiger partial charge in [0.25, 0.3) is 5.92 Å². The fraction of sp³-hybridized carbons (Fsp3) is 0.571. The van der Waals surface area contributed by atoms with Gasteiger partial charge in [-0.05, 0) is 51.4 Å². The van der Waals surface area contributed by atoms with E-state index in [1.165, 1.54) is 0 Å². The van der Waals surface area contributed by atoms with Crippen LogP contribution in [0.1, 0.15) is 29.5 Å². The van der Waals surface area contributed by atoms with Gasteiger partial charge in [-0.15, -0.1) is 0 Å². The fourth-order valence-corrected chi connectivity index (χ4v) is 2.50. The Morgan fingerprint density at radius 1 is 1.18 bits per heavy atom. The van der Waals surface area contributed by atoms with Crippen LogP contribution in [0.2, 0.25) is 0 Å². The van der Waals surface area contributed by atoms with Crippen molar-refractivity contribution in [2.45, 2.75) is 32.6 Å². The van der Waals surface area contributed by atoms with Crippen LogP contribution in [0.25, 0.3) is 0 Å². The van der Waals surface area contributed by atoms with Crippen LogP contribution < -0.4 is 5.32 Å². The molecule has 0 spiro atoms. The van der Waals surface area contributed by atoms with Crippen molar-refractivity contribution in [2.24, 2.45) is 5.92 Å². The third-order valence-corrected chi connectivity index (χ3v) is 3.60. The maximum absolute atomic E-state index is 14.5. The standard InChI is InChI=1S/C14H19F2N/c1-10-3-4-11(2)13(9-10)14(15,16)12-5-7-17-8-6-12/h3-4,9,12,17H,5-8H2,1-2H3. The third-order valence-electron chi connectivity index (χ3n) is 3.60. The molecule has 0 atom stereocenters. The van der Waals surface area contributed by atoms with Gasteiger partial charge in [0, 0.05) is 11.5 Å². The summed E-state index contributed by atoms with van der Waals surface area (Å²) in [7, 11) is 0. The second-order valence-electron chi connectivity index (χ2n) is 4.97. The molecule has 1 aromatic rings. The molecule has 0 radical (unpaired) electrons. The average molecular weight is 239 g/mol. The van der Waals surface area contributed by atoms with Crippen LogP contribution in [0.5, 0.6) is 0 Å². The SMILES string of the molecule is Cc1ccc(C)c(C(F)(F)C2CCNCC2)c1. The minimum absolute atomic E-state index is 0.212. The minimum Gasteiger partial charge on any atom is -0.317 e. The van der Waals surface area contributed by atoms with E-state index in [1.807, 2.05) is 13.0 Å². The van der Waals surface area contributed by atoms with E-state index in [4.69, 9.17) is 0 Å². The lowest BCUT2D eigenvalue weighted by Crippen LogP contribution is -2.37. The molecule has 1 fully saturated rings. The Kier molecular flexibility index (Phi) is 3.48. The predicted molar refractivity (Wildman–Crippen MR) is 65.4 cm³/mol. The van der Waals surface area contributed by atoms with Crippen LogP contribution in [0, 0.1) is 19.8 Å². The first-order valence-electron chi connectivity index (χ1n) is 6.18. The molecular weight excluding hydrogens is 220 g/mol. The van der Waals surface area contributed by atoms with Gasteiger partial charge in [0.2, 0.25) is 0 Å². The van der Waals surface area contributed by atoms with Crippen molar-refractivity contribution in [2.75, 3.05) is 13.1 Å². The fourth-order valence-electron chi connectivity index (χ4n) is 2.50. The summed E-state index contributed by atoms with van der Waals surface area (Å²) in [5, 5.41) is 3.13. The highest BCUT2D eigenvalue weighted by Gasteiger charge is 2.42. The van der Waals surface area contributed by atoms with Crippen molar-refractivity contribution in [1.29, 1.82) is 0 Å². The van der Waals surface area contributed by atoms with Crippen molar-refractivity contribution in [3.63, 3.8) is 0 Å². The maximum atomic E-state index is 14.5. The number of halogens is 2. The summed E-state index contributed by atoms with van der Waals surface area (Å²) >= 11 is 0. The normalized spacial score (nSPS) is 18.4. The van der Waals surface area contributed by atoms with E-state index < -0.39 is 11.8 Å². The lowest BCUT2D eigenvalue weighted by molar-refractivity contribution is -0.0758. The van der Waals surface area contributed by atoms with E-state index in [0.29, 0.717) is 31.5 Å². The highest BCUT2D eigenvalue weighted by Crippen LogP contribution is 2.41. The minimum atomic E-state index is -2.70. The molecule has 2 rings (SSSR count). The zero-order valence-electron chi connectivity index (χ0n) is 10.4. The summed E-state index contributed by atoms with van der Waals surface area (Å²) in [6.07, 6.45) is 1.11. The molecule has 0 aliphatic carbocycles. The van der Waals surface area contributed by atoms with Gasteiger partial charge in [-0.1, -0.05) is 17.7 Å². The molecule has 1 heterocycles. The van der Waals surface area contributed by atoms with E-state index in [9.17, 15) is 8.78 Å². The molecule has 0 amide bonds. The van der Waals surface area contributed by atoms with Crippen molar-refractivity contribution < 1.29 is 8.78 Å². The van der Waals surface area contributed by atoms with Gasteiger partial charge in [0.1, 0.15) is 0 Å². The zero-order chi connectivity index (χ0) is 12.5. The van der Waals surface area contributed by atoms with Crippen LogP contribution in [-0.4, -0.2) is 13.1 Å². The summed E-state index contributed by atoms with van der Waals surface area (Å²) in [5.41, 5.74) is 1.81. The Morgan fingerprint density at radius 2 is 1.82 bits per heavy atom. The summed E-state index contributed by atoms with van der Waals surface area (Å²) in [6, 6.07) is 5.31. The summed E-state index contributed by atoms with van der Waals surface area (Å²) < 4.78 is 28.9. The first-order chi connectivity index (χ1) is 8.01. The number of alkyl halides is 2. The van der Waals surface area contributed by atoms with Crippen LogP contribution in [0.3, 0.4) is 0 Å². The Bertz CT molecular complexity index is 395. The van der Waals surface area contributed by atoms with Crippen LogP contribution in [0.15, 0.2) is 18.2 Å². The number of nitrogens with one attached hydrogen (secondary N) is 1. The molecule has 1 saturated heterocycles. The van der Waals surface area contributed by atoms with Crippen LogP contribution in [-0.2, 0) is 5.92 Å². The molecule has 0 aromatic heterocycles. The van der Waals surface area contributed by atoms with E-state index in [1.54, 1.807) is 19.1 Å². The highest BCUT2D eigenvalue weighted by molar-refractivity contribution is 5.34. The number of hydrogen-bond donors (Lipinski definition) is 1. The Morgan fingerprint density at radius 3 is 2.47 bits per heavy atom. The molecule has 1 N–H and O–H groups in total. The molecule has 0 bridgehead atoms. The van der Waals surface area contributed by atoms with E-state index in [2.05, 4.69) is 5.32 Å². The highest BCUT2D eigenvalue weighted by atomic mass is 19.3. The van der Waals surface area contributed by atoms with E-state index in [-0.39, 0.29) is 5.56 Å². The topological polar surface area (TPSA) is 12.0 Å². The van der Waals surface area contributed by atoms with Gasteiger partial charge in [0.15, 0.2) is 0 Å². The van der Waals surface area contributed by atoms with Gasteiger partial charge >= 0.3 is 0 Å². The number of rotatable bonds is 2. The van der Waals surface area contributed by atoms with Crippen LogP contribution >= 0.6 is 0 Å². The summed E-state index contributed by atoms with van der Waals surface area (Å²) in [6.45, 7) is 5.03. The monoisotopic (exact) mass is 239 g/mol. The number of hydrogen-bond acceptors (Lipinski definition) is 1. The summed E-state index contributed by atoms with van der Waals surface area (Å²) in [5.74, 6) is -3.22. The molecule has 94 valence electrons. The molecule has 0 unspecified atom stereocenters. The first-order valence-corrected chi connectivity index (χ1v) is 6.18. The smallest absolute Gasteiger partial charge is 0.276 e. The van der Waals surface area contributed by atoms with Gasteiger partial charge in [0.05, 0.1) is 0 Å². The Balaban J connectivity index is 2.32. The Labute approximate surface area is 101 Å². The number of benzene rings is 1. The number of aryl methyl sites for hydroxylation is 2. The second kappa shape index (κ2) is 4.73. The van der Waals surface area contributed by atoms with E-state index in [0.717, 1.165) is 5.56 Å².